The summed E-state index contributed by atoms with van der Waals surface area (Å²) < 4.78 is 11.2. The van der Waals surface area contributed by atoms with Crippen molar-refractivity contribution in [2.24, 2.45) is 0 Å². The summed E-state index contributed by atoms with van der Waals surface area (Å²) in [5.74, 6) is 1.81. The average molecular weight is 538 g/mol. The van der Waals surface area contributed by atoms with Crippen molar-refractivity contribution in [3.05, 3.63) is 71.7 Å². The fourth-order valence-corrected chi connectivity index (χ4v) is 5.50. The van der Waals surface area contributed by atoms with Gasteiger partial charge in [-0.15, -0.1) is 6.58 Å². The first kappa shape index (κ1) is 24.4. The molecule has 0 amide bonds. The smallest absolute Gasteiger partial charge is 0.278 e. The zero-order valence-electron chi connectivity index (χ0n) is 22.5. The second-order valence-electron chi connectivity index (χ2n) is 10.3. The van der Waals surface area contributed by atoms with E-state index in [1.165, 1.54) is 5.69 Å². The van der Waals surface area contributed by atoms with Gasteiger partial charge in [0.25, 0.3) is 5.56 Å². The first-order valence-corrected chi connectivity index (χ1v) is 13.6. The van der Waals surface area contributed by atoms with Crippen LogP contribution in [0.25, 0.3) is 27.9 Å². The number of hydrogen-bond acceptors (Lipinski definition) is 8. The normalized spacial score (nSPS) is 15.8. The van der Waals surface area contributed by atoms with Crippen LogP contribution in [0.15, 0.2) is 66.1 Å². The summed E-state index contributed by atoms with van der Waals surface area (Å²) in [4.78, 5) is 32.3. The van der Waals surface area contributed by atoms with Crippen LogP contribution in [0.2, 0.25) is 0 Å². The van der Waals surface area contributed by atoms with Gasteiger partial charge in [0, 0.05) is 61.7 Å². The molecule has 204 valence electrons. The predicted octanol–water partition coefficient (Wildman–Crippen LogP) is 3.40. The predicted molar refractivity (Wildman–Crippen MR) is 156 cm³/mol. The number of benzene rings is 1. The Hall–Kier alpha value is -4.64. The summed E-state index contributed by atoms with van der Waals surface area (Å²) in [5.41, 5.74) is 3.17. The minimum Gasteiger partial charge on any atom is -0.479 e. The maximum absolute atomic E-state index is 13.4. The number of ether oxygens (including phenoxy) is 1. The van der Waals surface area contributed by atoms with Crippen molar-refractivity contribution >= 4 is 39.4 Å². The molecule has 1 saturated heterocycles. The Morgan fingerprint density at radius 3 is 2.65 bits per heavy atom. The van der Waals surface area contributed by atoms with E-state index in [4.69, 9.17) is 14.7 Å². The van der Waals surface area contributed by atoms with E-state index < -0.39 is 0 Å². The van der Waals surface area contributed by atoms with Gasteiger partial charge < -0.3 is 19.9 Å². The van der Waals surface area contributed by atoms with Crippen LogP contribution >= 0.6 is 0 Å². The molecule has 11 heteroatoms. The van der Waals surface area contributed by atoms with Crippen molar-refractivity contribution in [3.8, 4) is 11.7 Å². The zero-order chi connectivity index (χ0) is 27.2. The molecule has 2 aliphatic heterocycles. The van der Waals surface area contributed by atoms with Crippen LogP contribution in [-0.4, -0.2) is 73.6 Å². The minimum absolute atomic E-state index is 0.194. The molecule has 0 radical (unpaired) electrons. The third-order valence-corrected chi connectivity index (χ3v) is 7.65. The molecule has 0 spiro atoms. The summed E-state index contributed by atoms with van der Waals surface area (Å²) in [5, 5.41) is 4.71. The van der Waals surface area contributed by atoms with Gasteiger partial charge in [0.1, 0.15) is 11.0 Å². The number of allylic oxidation sites excluding steroid dienone is 1. The number of hydrogen-bond donors (Lipinski definition) is 1. The van der Waals surface area contributed by atoms with Crippen LogP contribution in [0.5, 0.6) is 5.88 Å². The second kappa shape index (κ2) is 9.83. The van der Waals surface area contributed by atoms with E-state index in [9.17, 15) is 4.79 Å². The van der Waals surface area contributed by atoms with Crippen molar-refractivity contribution in [1.29, 1.82) is 0 Å². The molecule has 5 aromatic rings. The lowest BCUT2D eigenvalue weighted by Crippen LogP contribution is -2.44. The van der Waals surface area contributed by atoms with Gasteiger partial charge in [-0.25, -0.2) is 19.3 Å². The lowest BCUT2D eigenvalue weighted by Gasteiger charge is -2.34. The van der Waals surface area contributed by atoms with E-state index in [2.05, 4.69) is 50.4 Å². The van der Waals surface area contributed by atoms with E-state index in [0.717, 1.165) is 61.7 Å². The van der Waals surface area contributed by atoms with Gasteiger partial charge in [0.15, 0.2) is 17.3 Å². The quantitative estimate of drug-likeness (QED) is 0.329. The highest BCUT2D eigenvalue weighted by Gasteiger charge is 2.21. The molecule has 0 bridgehead atoms. The van der Waals surface area contributed by atoms with Gasteiger partial charge in [0.05, 0.1) is 13.2 Å². The third-order valence-electron chi connectivity index (χ3n) is 7.65. The van der Waals surface area contributed by atoms with Gasteiger partial charge in [0.2, 0.25) is 5.95 Å². The van der Waals surface area contributed by atoms with Crippen molar-refractivity contribution < 1.29 is 4.74 Å². The van der Waals surface area contributed by atoms with Crippen LogP contribution in [0.4, 0.5) is 17.3 Å². The molecule has 1 fully saturated rings. The Kier molecular flexibility index (Phi) is 6.00. The first-order valence-electron chi connectivity index (χ1n) is 13.6. The Morgan fingerprint density at radius 2 is 1.85 bits per heavy atom. The molecule has 2 aliphatic rings. The largest absolute Gasteiger partial charge is 0.479 e. The molecule has 1 N–H and O–H groups in total. The molecule has 6 heterocycles. The number of likely N-dealkylation sites (N-methyl/N-ethyl adjacent to an activating group) is 1. The number of aromatic nitrogens is 6. The van der Waals surface area contributed by atoms with E-state index in [1.54, 1.807) is 21.6 Å². The second-order valence-corrected chi connectivity index (χ2v) is 10.3. The van der Waals surface area contributed by atoms with Crippen molar-refractivity contribution in [2.45, 2.75) is 19.5 Å². The fourth-order valence-electron chi connectivity index (χ4n) is 5.50. The van der Waals surface area contributed by atoms with Crippen molar-refractivity contribution in [3.63, 3.8) is 0 Å². The molecule has 0 saturated carbocycles. The van der Waals surface area contributed by atoms with Crippen molar-refractivity contribution in [2.75, 3.05) is 50.1 Å². The first-order chi connectivity index (χ1) is 19.6. The highest BCUT2D eigenvalue weighted by molar-refractivity contribution is 5.81. The Bertz CT molecular complexity index is 1780. The highest BCUT2D eigenvalue weighted by Crippen LogP contribution is 2.29. The Morgan fingerprint density at radius 1 is 1.02 bits per heavy atom. The maximum Gasteiger partial charge on any atom is 0.278 e. The van der Waals surface area contributed by atoms with Gasteiger partial charge >= 0.3 is 0 Å². The maximum atomic E-state index is 13.4. The summed E-state index contributed by atoms with van der Waals surface area (Å²) in [6.45, 7) is 9.85. The topological polar surface area (TPSA) is 98.3 Å². The number of aryl methyl sites for hydroxylation is 1. The number of piperazine rings is 1. The van der Waals surface area contributed by atoms with E-state index >= 15 is 0 Å². The summed E-state index contributed by atoms with van der Waals surface area (Å²) >= 11 is 0. The third kappa shape index (κ3) is 4.19. The van der Waals surface area contributed by atoms with E-state index in [1.807, 2.05) is 30.3 Å². The molecule has 0 atom stereocenters. The number of rotatable bonds is 6. The zero-order valence-corrected chi connectivity index (χ0v) is 22.5. The number of anilines is 3. The van der Waals surface area contributed by atoms with Gasteiger partial charge in [-0.2, -0.15) is 4.98 Å². The minimum atomic E-state index is -0.194. The van der Waals surface area contributed by atoms with Crippen LogP contribution in [-0.2, 0) is 13.1 Å². The molecular weight excluding hydrogens is 506 g/mol. The molecule has 40 heavy (non-hydrogen) atoms. The lowest BCUT2D eigenvalue weighted by atomic mass is 10.2. The van der Waals surface area contributed by atoms with Crippen LogP contribution in [0, 0.1) is 0 Å². The van der Waals surface area contributed by atoms with Gasteiger partial charge in [-0.1, -0.05) is 6.08 Å². The van der Waals surface area contributed by atoms with Gasteiger partial charge in [-0.05, 0) is 49.9 Å². The number of nitrogens with one attached hydrogen (secondary N) is 1. The van der Waals surface area contributed by atoms with Crippen LogP contribution < -0.4 is 20.5 Å². The summed E-state index contributed by atoms with van der Waals surface area (Å²) in [6.07, 6.45) is 4.19. The molecule has 11 nitrogen and oxygen atoms in total. The standard InChI is InChI=1S/C29H31N9O2/c1-3-11-37-28(39)23-19-30-29(31-21-6-8-22(9-7-21)35-15-13-34(2)14-16-35)33-27(23)38(37)24-10-5-20-18-25-36(26(20)32-24)12-4-17-40-25/h3,5-10,18-19H,1,4,11-17H2,2H3,(H,30,31,33). The average Bonchev–Trinajstić information content (AvgIpc) is 3.48. The van der Waals surface area contributed by atoms with E-state index in [-0.39, 0.29) is 5.56 Å². The van der Waals surface area contributed by atoms with Crippen LogP contribution in [0.3, 0.4) is 0 Å². The molecular formula is C29H31N9O2. The highest BCUT2D eigenvalue weighted by atomic mass is 16.5. The Labute approximate surface area is 230 Å². The molecule has 7 rings (SSSR count). The number of fused-ring (bicyclic) bond motifs is 4. The van der Waals surface area contributed by atoms with Gasteiger partial charge in [-0.3, -0.25) is 9.36 Å². The summed E-state index contributed by atoms with van der Waals surface area (Å²) in [7, 11) is 2.16. The SMILES string of the molecule is C=CCn1c(=O)c2cnc(Nc3ccc(N4CCN(C)CC4)cc3)nc2n1-c1ccc2cc3n(c2n1)CCCO3. The lowest BCUT2D eigenvalue weighted by molar-refractivity contribution is 0.244. The molecule has 4 aromatic heterocycles. The van der Waals surface area contributed by atoms with Crippen molar-refractivity contribution in [1.82, 2.24) is 33.8 Å². The monoisotopic (exact) mass is 537 g/mol. The fraction of sp³-hybridized carbons (Fsp3) is 0.310. The number of nitrogens with zero attached hydrogens (tertiary/aromatic N) is 8. The molecule has 0 unspecified atom stereocenters. The van der Waals surface area contributed by atoms with E-state index in [0.29, 0.717) is 36.0 Å². The summed E-state index contributed by atoms with van der Waals surface area (Å²) in [6, 6.07) is 14.2. The Balaban J connectivity index is 1.25. The molecule has 0 aliphatic carbocycles. The van der Waals surface area contributed by atoms with Crippen LogP contribution in [0.1, 0.15) is 6.42 Å². The number of pyridine rings is 1. The molecule has 1 aromatic carbocycles.